The number of benzene rings is 2. The SMILES string of the molecule is COc1ccccc1N1CCN(c2ccc(Br)cc2[N+](=O)[O-])CC1. The molecule has 1 aliphatic heterocycles. The number of piperazine rings is 1. The van der Waals surface area contributed by atoms with Crippen LogP contribution in [-0.4, -0.2) is 38.2 Å². The lowest BCUT2D eigenvalue weighted by atomic mass is 10.2. The highest BCUT2D eigenvalue weighted by molar-refractivity contribution is 9.10. The second kappa shape index (κ2) is 7.09. The quantitative estimate of drug-likeness (QED) is 0.587. The van der Waals surface area contributed by atoms with Crippen LogP contribution in [0.3, 0.4) is 0 Å². The number of methoxy groups -OCH3 is 1. The molecule has 0 aromatic heterocycles. The van der Waals surface area contributed by atoms with Crippen molar-refractivity contribution in [1.29, 1.82) is 0 Å². The van der Waals surface area contributed by atoms with Crippen LogP contribution in [0.4, 0.5) is 17.1 Å². The molecule has 0 radical (unpaired) electrons. The van der Waals surface area contributed by atoms with Gasteiger partial charge in [0.05, 0.1) is 17.7 Å². The van der Waals surface area contributed by atoms with Crippen molar-refractivity contribution < 1.29 is 9.66 Å². The maximum Gasteiger partial charge on any atom is 0.293 e. The second-order valence-corrected chi connectivity index (χ2v) is 6.45. The molecule has 0 amide bonds. The molecule has 6 nitrogen and oxygen atoms in total. The van der Waals surface area contributed by atoms with Crippen LogP contribution in [-0.2, 0) is 0 Å². The highest BCUT2D eigenvalue weighted by atomic mass is 79.9. The lowest BCUT2D eigenvalue weighted by Gasteiger charge is -2.37. The first-order valence-electron chi connectivity index (χ1n) is 7.67. The molecule has 1 fully saturated rings. The van der Waals surface area contributed by atoms with E-state index in [1.54, 1.807) is 19.2 Å². The highest BCUT2D eigenvalue weighted by Gasteiger charge is 2.25. The van der Waals surface area contributed by atoms with E-state index in [0.29, 0.717) is 10.2 Å². The van der Waals surface area contributed by atoms with Gasteiger partial charge in [-0.25, -0.2) is 0 Å². The molecule has 0 unspecified atom stereocenters. The fourth-order valence-corrected chi connectivity index (χ4v) is 3.34. The maximum absolute atomic E-state index is 11.3. The van der Waals surface area contributed by atoms with E-state index < -0.39 is 0 Å². The van der Waals surface area contributed by atoms with Crippen LogP contribution in [0.25, 0.3) is 0 Å². The Morgan fingerprint density at radius 1 is 1.04 bits per heavy atom. The molecular weight excluding hydrogens is 374 g/mol. The van der Waals surface area contributed by atoms with E-state index in [-0.39, 0.29) is 10.6 Å². The normalized spacial score (nSPS) is 14.6. The van der Waals surface area contributed by atoms with Gasteiger partial charge >= 0.3 is 0 Å². The molecule has 0 bridgehead atoms. The second-order valence-electron chi connectivity index (χ2n) is 5.54. The number of nitro groups is 1. The van der Waals surface area contributed by atoms with E-state index >= 15 is 0 Å². The number of rotatable bonds is 4. The average Bonchev–Trinajstić information content (AvgIpc) is 2.62. The first kappa shape index (κ1) is 16.6. The van der Waals surface area contributed by atoms with Crippen molar-refractivity contribution in [2.75, 3.05) is 43.1 Å². The number of nitrogens with zero attached hydrogens (tertiary/aromatic N) is 3. The van der Waals surface area contributed by atoms with E-state index in [0.717, 1.165) is 37.6 Å². The fourth-order valence-electron chi connectivity index (χ4n) is 2.99. The number of para-hydroxylation sites is 2. The molecule has 1 saturated heterocycles. The smallest absolute Gasteiger partial charge is 0.293 e. The summed E-state index contributed by atoms with van der Waals surface area (Å²) in [6, 6.07) is 13.1. The first-order valence-corrected chi connectivity index (χ1v) is 8.46. The van der Waals surface area contributed by atoms with Gasteiger partial charge in [0.25, 0.3) is 5.69 Å². The number of ether oxygens (including phenoxy) is 1. The van der Waals surface area contributed by atoms with E-state index in [1.165, 1.54) is 0 Å². The Morgan fingerprint density at radius 3 is 2.29 bits per heavy atom. The zero-order valence-electron chi connectivity index (χ0n) is 13.3. The molecule has 2 aromatic rings. The van der Waals surface area contributed by atoms with Crippen molar-refractivity contribution in [3.05, 3.63) is 57.1 Å². The van der Waals surface area contributed by atoms with Gasteiger partial charge in [0, 0.05) is 36.7 Å². The third-order valence-corrected chi connectivity index (χ3v) is 4.67. The number of halogens is 1. The zero-order chi connectivity index (χ0) is 17.1. The molecular formula is C17H18BrN3O3. The van der Waals surface area contributed by atoms with Crippen LogP contribution in [0.1, 0.15) is 0 Å². The Kier molecular flexibility index (Phi) is 4.89. The van der Waals surface area contributed by atoms with Crippen LogP contribution >= 0.6 is 15.9 Å². The van der Waals surface area contributed by atoms with Crippen molar-refractivity contribution in [1.82, 2.24) is 0 Å². The van der Waals surface area contributed by atoms with Crippen LogP contribution in [0.2, 0.25) is 0 Å². The number of hydrogen-bond acceptors (Lipinski definition) is 5. The first-order chi connectivity index (χ1) is 11.6. The van der Waals surface area contributed by atoms with E-state index in [9.17, 15) is 10.1 Å². The number of anilines is 2. The number of hydrogen-bond donors (Lipinski definition) is 0. The Bertz CT molecular complexity index is 746. The van der Waals surface area contributed by atoms with Crippen molar-refractivity contribution in [2.45, 2.75) is 0 Å². The molecule has 7 heteroatoms. The molecule has 1 heterocycles. The molecule has 0 atom stereocenters. The molecule has 2 aromatic carbocycles. The summed E-state index contributed by atoms with van der Waals surface area (Å²) in [4.78, 5) is 15.3. The average molecular weight is 392 g/mol. The third-order valence-electron chi connectivity index (χ3n) is 4.18. The van der Waals surface area contributed by atoms with Gasteiger partial charge in [-0.05, 0) is 24.3 Å². The Morgan fingerprint density at radius 2 is 1.67 bits per heavy atom. The van der Waals surface area contributed by atoms with Gasteiger partial charge in [-0.2, -0.15) is 0 Å². The molecule has 1 aliphatic rings. The van der Waals surface area contributed by atoms with Crippen molar-refractivity contribution >= 4 is 33.0 Å². The zero-order valence-corrected chi connectivity index (χ0v) is 14.9. The summed E-state index contributed by atoms with van der Waals surface area (Å²) < 4.78 is 6.14. The molecule has 126 valence electrons. The predicted molar refractivity (Wildman–Crippen MR) is 98.2 cm³/mol. The lowest BCUT2D eigenvalue weighted by molar-refractivity contribution is -0.384. The molecule has 3 rings (SSSR count). The molecule has 0 N–H and O–H groups in total. The van der Waals surface area contributed by atoms with Crippen molar-refractivity contribution in [3.8, 4) is 5.75 Å². The summed E-state index contributed by atoms with van der Waals surface area (Å²) >= 11 is 3.30. The number of nitro benzene ring substituents is 1. The van der Waals surface area contributed by atoms with Crippen LogP contribution in [0, 0.1) is 10.1 Å². The van der Waals surface area contributed by atoms with E-state index in [1.807, 2.05) is 30.3 Å². The van der Waals surface area contributed by atoms with Crippen LogP contribution < -0.4 is 14.5 Å². The standard InChI is InChI=1S/C17H18BrN3O3/c1-24-17-5-3-2-4-15(17)20-10-8-19(9-11-20)14-7-6-13(18)12-16(14)21(22)23/h2-7,12H,8-11H2,1H3. The highest BCUT2D eigenvalue weighted by Crippen LogP contribution is 2.33. The largest absolute Gasteiger partial charge is 0.495 e. The monoisotopic (exact) mass is 391 g/mol. The maximum atomic E-state index is 11.3. The Balaban J connectivity index is 1.77. The summed E-state index contributed by atoms with van der Waals surface area (Å²) in [5, 5.41) is 11.3. The van der Waals surface area contributed by atoms with Gasteiger partial charge in [-0.15, -0.1) is 0 Å². The Labute approximate surface area is 148 Å². The summed E-state index contributed by atoms with van der Waals surface area (Å²) in [5.41, 5.74) is 1.86. The minimum Gasteiger partial charge on any atom is -0.495 e. The van der Waals surface area contributed by atoms with Crippen molar-refractivity contribution in [3.63, 3.8) is 0 Å². The summed E-state index contributed by atoms with van der Waals surface area (Å²) in [6.45, 7) is 3.02. The van der Waals surface area contributed by atoms with Crippen LogP contribution in [0.5, 0.6) is 5.75 Å². The van der Waals surface area contributed by atoms with Gasteiger partial charge in [0.1, 0.15) is 11.4 Å². The summed E-state index contributed by atoms with van der Waals surface area (Å²) in [7, 11) is 1.67. The molecule has 0 spiro atoms. The molecule has 0 saturated carbocycles. The van der Waals surface area contributed by atoms with Gasteiger partial charge < -0.3 is 14.5 Å². The fraction of sp³-hybridized carbons (Fsp3) is 0.294. The predicted octanol–water partition coefficient (Wildman–Crippen LogP) is 3.69. The van der Waals surface area contributed by atoms with Gasteiger partial charge in [0.15, 0.2) is 0 Å². The van der Waals surface area contributed by atoms with Gasteiger partial charge in [-0.1, -0.05) is 28.1 Å². The topological polar surface area (TPSA) is 58.8 Å². The Hall–Kier alpha value is -2.28. The molecule has 24 heavy (non-hydrogen) atoms. The third kappa shape index (κ3) is 3.31. The van der Waals surface area contributed by atoms with Crippen molar-refractivity contribution in [2.24, 2.45) is 0 Å². The lowest BCUT2D eigenvalue weighted by Crippen LogP contribution is -2.46. The minimum atomic E-state index is -0.327. The van der Waals surface area contributed by atoms with Gasteiger partial charge in [-0.3, -0.25) is 10.1 Å². The van der Waals surface area contributed by atoms with Gasteiger partial charge in [0.2, 0.25) is 0 Å². The summed E-state index contributed by atoms with van der Waals surface area (Å²) in [5.74, 6) is 0.848. The van der Waals surface area contributed by atoms with E-state index in [2.05, 4.69) is 25.7 Å². The minimum absolute atomic E-state index is 0.134. The molecule has 0 aliphatic carbocycles. The summed E-state index contributed by atoms with van der Waals surface area (Å²) in [6.07, 6.45) is 0. The van der Waals surface area contributed by atoms with E-state index in [4.69, 9.17) is 4.74 Å². The van der Waals surface area contributed by atoms with Crippen LogP contribution in [0.15, 0.2) is 46.9 Å².